The SMILES string of the molecule is CC(C)(C)Nc1c(-c2ccc(C#Cc3cccc(S(N)(=O)=O)c3)s2)nc2ccccn12.Cl. The molecule has 0 saturated heterocycles. The third-order valence-corrected chi connectivity index (χ3v) is 6.27. The Hall–Kier alpha value is -2.83. The first kappa shape index (κ1) is 23.8. The van der Waals surface area contributed by atoms with E-state index in [1.165, 1.54) is 23.5 Å². The first-order valence-corrected chi connectivity index (χ1v) is 12.0. The fraction of sp³-hybridized carbons (Fsp3) is 0.174. The Labute approximate surface area is 198 Å². The molecule has 0 fully saturated rings. The van der Waals surface area contributed by atoms with Crippen molar-refractivity contribution in [2.24, 2.45) is 5.14 Å². The Morgan fingerprint density at radius 1 is 1.06 bits per heavy atom. The monoisotopic (exact) mass is 486 g/mol. The summed E-state index contributed by atoms with van der Waals surface area (Å²) in [6.07, 6.45) is 1.99. The Balaban J connectivity index is 0.00000289. The second-order valence-electron chi connectivity index (χ2n) is 8.10. The van der Waals surface area contributed by atoms with Crippen LogP contribution in [0.4, 0.5) is 5.82 Å². The normalized spacial score (nSPS) is 11.5. The first-order valence-electron chi connectivity index (χ1n) is 9.60. The van der Waals surface area contributed by atoms with Gasteiger partial charge in [0.1, 0.15) is 17.2 Å². The van der Waals surface area contributed by atoms with Crippen molar-refractivity contribution in [1.82, 2.24) is 9.38 Å². The van der Waals surface area contributed by atoms with E-state index in [-0.39, 0.29) is 22.8 Å². The smallest absolute Gasteiger partial charge is 0.238 e. The Kier molecular flexibility index (Phi) is 6.67. The van der Waals surface area contributed by atoms with E-state index in [2.05, 4.69) is 37.9 Å². The van der Waals surface area contributed by atoms with Gasteiger partial charge in [-0.3, -0.25) is 4.40 Å². The van der Waals surface area contributed by atoms with Gasteiger partial charge < -0.3 is 5.32 Å². The van der Waals surface area contributed by atoms with E-state index in [0.29, 0.717) is 5.56 Å². The molecule has 4 aromatic rings. The van der Waals surface area contributed by atoms with Crippen LogP contribution < -0.4 is 10.5 Å². The minimum Gasteiger partial charge on any atom is -0.365 e. The molecule has 0 amide bonds. The van der Waals surface area contributed by atoms with Crippen LogP contribution in [0.2, 0.25) is 0 Å². The highest BCUT2D eigenvalue weighted by atomic mass is 35.5. The number of halogens is 1. The Morgan fingerprint density at radius 3 is 2.56 bits per heavy atom. The standard InChI is InChI=1S/C23H22N4O2S2.ClH/c1-23(2,3)26-22-21(25-20-9-4-5-14-27(20)22)19-13-12-17(30-19)11-10-16-7-6-8-18(15-16)31(24,28)29;/h4-9,12-15,26H,1-3H3,(H2,24,28,29);1H. The molecule has 9 heteroatoms. The number of pyridine rings is 1. The lowest BCUT2D eigenvalue weighted by atomic mass is 10.1. The van der Waals surface area contributed by atoms with Gasteiger partial charge in [0.25, 0.3) is 0 Å². The van der Waals surface area contributed by atoms with Crippen molar-refractivity contribution in [3.05, 3.63) is 71.2 Å². The minimum atomic E-state index is -3.76. The number of nitrogens with two attached hydrogens (primary N) is 1. The minimum absolute atomic E-state index is 0. The maximum atomic E-state index is 11.5. The molecule has 1 aromatic carbocycles. The number of thiophene rings is 1. The van der Waals surface area contributed by atoms with E-state index in [9.17, 15) is 8.42 Å². The van der Waals surface area contributed by atoms with Crippen molar-refractivity contribution < 1.29 is 8.42 Å². The predicted octanol–water partition coefficient (Wildman–Crippen LogP) is 4.74. The second-order valence-corrected chi connectivity index (χ2v) is 10.7. The van der Waals surface area contributed by atoms with Crippen molar-refractivity contribution >= 4 is 45.2 Å². The third-order valence-electron chi connectivity index (χ3n) is 4.36. The second kappa shape index (κ2) is 8.96. The van der Waals surface area contributed by atoms with Crippen LogP contribution in [0.15, 0.2) is 65.7 Å². The summed E-state index contributed by atoms with van der Waals surface area (Å²) in [5, 5.41) is 8.76. The highest BCUT2D eigenvalue weighted by Gasteiger charge is 2.20. The van der Waals surface area contributed by atoms with Crippen molar-refractivity contribution in [1.29, 1.82) is 0 Å². The van der Waals surface area contributed by atoms with Crippen LogP contribution in [0.1, 0.15) is 31.2 Å². The molecule has 3 aromatic heterocycles. The van der Waals surface area contributed by atoms with Gasteiger partial charge in [0, 0.05) is 17.3 Å². The van der Waals surface area contributed by atoms with Crippen LogP contribution >= 0.6 is 23.7 Å². The molecule has 0 aliphatic rings. The average Bonchev–Trinajstić information content (AvgIpc) is 3.30. The number of aromatic nitrogens is 2. The summed E-state index contributed by atoms with van der Waals surface area (Å²) >= 11 is 1.54. The molecule has 4 rings (SSSR count). The number of hydrogen-bond acceptors (Lipinski definition) is 5. The molecule has 0 atom stereocenters. The van der Waals surface area contributed by atoms with Crippen molar-refractivity contribution in [2.75, 3.05) is 5.32 Å². The van der Waals surface area contributed by atoms with Gasteiger partial charge >= 0.3 is 0 Å². The topological polar surface area (TPSA) is 89.5 Å². The zero-order valence-electron chi connectivity index (χ0n) is 17.8. The van der Waals surface area contributed by atoms with E-state index in [0.717, 1.165) is 26.9 Å². The van der Waals surface area contributed by atoms with Gasteiger partial charge in [-0.2, -0.15) is 0 Å². The first-order chi connectivity index (χ1) is 14.6. The summed E-state index contributed by atoms with van der Waals surface area (Å²) in [5.74, 6) is 7.06. The molecule has 3 heterocycles. The number of anilines is 1. The molecule has 0 saturated carbocycles. The van der Waals surface area contributed by atoms with E-state index in [1.54, 1.807) is 12.1 Å². The summed E-state index contributed by atoms with van der Waals surface area (Å²) in [6.45, 7) is 6.33. The molecule has 0 bridgehead atoms. The van der Waals surface area contributed by atoms with E-state index in [1.807, 2.05) is 40.9 Å². The largest absolute Gasteiger partial charge is 0.365 e. The van der Waals surface area contributed by atoms with E-state index < -0.39 is 10.0 Å². The van der Waals surface area contributed by atoms with E-state index in [4.69, 9.17) is 10.1 Å². The van der Waals surface area contributed by atoms with Crippen molar-refractivity contribution in [2.45, 2.75) is 31.2 Å². The maximum absolute atomic E-state index is 11.5. The molecule has 166 valence electrons. The zero-order chi connectivity index (χ0) is 22.2. The van der Waals surface area contributed by atoms with Crippen LogP contribution in [-0.4, -0.2) is 23.3 Å². The number of fused-ring (bicyclic) bond motifs is 1. The molecule has 0 radical (unpaired) electrons. The lowest BCUT2D eigenvalue weighted by Gasteiger charge is -2.22. The number of primary sulfonamides is 1. The van der Waals surface area contributed by atoms with Crippen LogP contribution in [0.5, 0.6) is 0 Å². The number of rotatable bonds is 3. The number of benzene rings is 1. The summed E-state index contributed by atoms with van der Waals surface area (Å²) in [6, 6.07) is 16.2. The molecular formula is C23H23ClN4O2S2. The van der Waals surface area contributed by atoms with E-state index >= 15 is 0 Å². The van der Waals surface area contributed by atoms with Gasteiger partial charge in [-0.1, -0.05) is 24.0 Å². The summed E-state index contributed by atoms with van der Waals surface area (Å²) in [4.78, 5) is 6.72. The number of nitrogens with zero attached hydrogens (tertiary/aromatic N) is 2. The number of hydrogen-bond donors (Lipinski definition) is 2. The lowest BCUT2D eigenvalue weighted by Crippen LogP contribution is -2.27. The van der Waals surface area contributed by atoms with Gasteiger partial charge in [0.15, 0.2) is 0 Å². The fourth-order valence-electron chi connectivity index (χ4n) is 3.06. The van der Waals surface area contributed by atoms with Crippen molar-refractivity contribution in [3.8, 4) is 22.4 Å². The van der Waals surface area contributed by atoms with Crippen LogP contribution in [0, 0.1) is 11.8 Å². The average molecular weight is 487 g/mol. The van der Waals surface area contributed by atoms with Crippen LogP contribution in [0.3, 0.4) is 0 Å². The van der Waals surface area contributed by atoms with Gasteiger partial charge in [0.2, 0.25) is 10.0 Å². The third kappa shape index (κ3) is 5.31. The van der Waals surface area contributed by atoms with Crippen molar-refractivity contribution in [3.63, 3.8) is 0 Å². The number of sulfonamides is 1. The molecule has 32 heavy (non-hydrogen) atoms. The van der Waals surface area contributed by atoms with Gasteiger partial charge in [-0.05, 0) is 63.2 Å². The maximum Gasteiger partial charge on any atom is 0.238 e. The lowest BCUT2D eigenvalue weighted by molar-refractivity contribution is 0.597. The zero-order valence-corrected chi connectivity index (χ0v) is 20.2. The van der Waals surface area contributed by atoms with Crippen LogP contribution in [-0.2, 0) is 10.0 Å². The Bertz CT molecular complexity index is 1440. The summed E-state index contributed by atoms with van der Waals surface area (Å²) < 4.78 is 25.1. The van der Waals surface area contributed by atoms with Gasteiger partial charge in [0.05, 0.1) is 14.6 Å². The predicted molar refractivity (Wildman–Crippen MR) is 133 cm³/mol. The Morgan fingerprint density at radius 2 is 1.84 bits per heavy atom. The molecule has 0 spiro atoms. The quantitative estimate of drug-likeness (QED) is 0.409. The molecule has 6 nitrogen and oxygen atoms in total. The van der Waals surface area contributed by atoms with Gasteiger partial charge in [-0.25, -0.2) is 18.5 Å². The fourth-order valence-corrected chi connectivity index (χ4v) is 4.47. The highest BCUT2D eigenvalue weighted by molar-refractivity contribution is 7.89. The number of nitrogens with one attached hydrogen (secondary N) is 1. The van der Waals surface area contributed by atoms with Gasteiger partial charge in [-0.15, -0.1) is 23.7 Å². The molecule has 0 aliphatic heterocycles. The highest BCUT2D eigenvalue weighted by Crippen LogP contribution is 2.35. The molecule has 0 unspecified atom stereocenters. The number of imidazole rings is 1. The molecule has 0 aliphatic carbocycles. The summed E-state index contributed by atoms with van der Waals surface area (Å²) in [5.41, 5.74) is 2.19. The molecular weight excluding hydrogens is 464 g/mol. The molecule has 3 N–H and O–H groups in total. The van der Waals surface area contributed by atoms with Crippen LogP contribution in [0.25, 0.3) is 16.2 Å². The summed E-state index contributed by atoms with van der Waals surface area (Å²) in [7, 11) is -3.76.